The van der Waals surface area contributed by atoms with Crippen LogP contribution in [0, 0.1) is 0 Å². The minimum Gasteiger partial charge on any atom is -0.516 e. The van der Waals surface area contributed by atoms with Crippen molar-refractivity contribution in [3.8, 4) is 0 Å². The summed E-state index contributed by atoms with van der Waals surface area (Å²) >= 11 is 0. The Morgan fingerprint density at radius 3 is 1.03 bits per heavy atom. The smallest absolute Gasteiger partial charge is 0.0797 e. The summed E-state index contributed by atoms with van der Waals surface area (Å²) < 4.78 is 0. The van der Waals surface area contributed by atoms with Gasteiger partial charge in [-0.3, -0.25) is 0 Å². The topological polar surface area (TPSA) is 20.2 Å². The fraction of sp³-hybridized carbons (Fsp3) is 0.714. The van der Waals surface area contributed by atoms with E-state index < -0.39 is 0 Å². The molecular weight excluding hydrogens is 352 g/mol. The van der Waals surface area contributed by atoms with E-state index in [4.69, 9.17) is 0 Å². The number of unbranched alkanes of at least 4 members (excludes halogenated alkanes) is 5. The van der Waals surface area contributed by atoms with Crippen LogP contribution in [-0.4, -0.2) is 5.11 Å². The number of aliphatic hydroxyl groups is 1. The van der Waals surface area contributed by atoms with Crippen molar-refractivity contribution in [1.29, 1.82) is 0 Å². The van der Waals surface area contributed by atoms with Gasteiger partial charge in [0.1, 0.15) is 0 Å². The summed E-state index contributed by atoms with van der Waals surface area (Å²) in [6, 6.07) is 0. The average molecular weight is 401 g/mol. The monoisotopic (exact) mass is 400 g/mol. The third kappa shape index (κ3) is 7.83. The molecule has 29 heavy (non-hydrogen) atoms. The Morgan fingerprint density at radius 1 is 0.483 bits per heavy atom. The lowest BCUT2D eigenvalue weighted by atomic mass is 9.78. The molecule has 0 aromatic heterocycles. The fourth-order valence-electron chi connectivity index (χ4n) is 4.57. The van der Waals surface area contributed by atoms with Crippen molar-refractivity contribution >= 4 is 6.08 Å². The summed E-state index contributed by atoms with van der Waals surface area (Å²) in [4.78, 5) is 0. The normalized spacial score (nSPS) is 11.6. The van der Waals surface area contributed by atoms with Gasteiger partial charge in [0.05, 0.1) is 6.26 Å². The largest absolute Gasteiger partial charge is 0.516 e. The molecule has 0 atom stereocenters. The Balaban J connectivity index is 3.78. The van der Waals surface area contributed by atoms with Crippen molar-refractivity contribution in [2.75, 3.05) is 0 Å². The SMILES string of the molecule is CCCCc1c(C=CO)c(CCCC)c(CCCC)c(CCCC)c1CCCC. The van der Waals surface area contributed by atoms with Crippen LogP contribution < -0.4 is 0 Å². The third-order valence-corrected chi connectivity index (χ3v) is 6.25. The van der Waals surface area contributed by atoms with Gasteiger partial charge in [0.25, 0.3) is 0 Å². The number of aliphatic hydroxyl groups excluding tert-OH is 1. The zero-order valence-corrected chi connectivity index (χ0v) is 20.2. The van der Waals surface area contributed by atoms with E-state index in [1.54, 1.807) is 27.8 Å². The highest BCUT2D eigenvalue weighted by atomic mass is 16.2. The average Bonchev–Trinajstić information content (AvgIpc) is 2.73. The maximum absolute atomic E-state index is 9.78. The van der Waals surface area contributed by atoms with Crippen LogP contribution in [0.3, 0.4) is 0 Å². The van der Waals surface area contributed by atoms with E-state index in [-0.39, 0.29) is 0 Å². The summed E-state index contributed by atoms with van der Waals surface area (Å²) in [6.07, 6.45) is 21.7. The number of benzene rings is 1. The fourth-order valence-corrected chi connectivity index (χ4v) is 4.57. The second kappa shape index (κ2) is 15.6. The van der Waals surface area contributed by atoms with Gasteiger partial charge in [-0.15, -0.1) is 0 Å². The maximum atomic E-state index is 9.78. The molecule has 0 aliphatic heterocycles. The van der Waals surface area contributed by atoms with Crippen LogP contribution in [0.1, 0.15) is 132 Å². The van der Waals surface area contributed by atoms with Gasteiger partial charge in [-0.05, 0) is 104 Å². The van der Waals surface area contributed by atoms with Crippen molar-refractivity contribution in [2.45, 2.75) is 131 Å². The van der Waals surface area contributed by atoms with Crippen LogP contribution in [0.25, 0.3) is 6.08 Å². The van der Waals surface area contributed by atoms with Crippen molar-refractivity contribution in [3.05, 3.63) is 39.6 Å². The van der Waals surface area contributed by atoms with Crippen LogP contribution in [0.4, 0.5) is 0 Å². The molecule has 0 spiro atoms. The van der Waals surface area contributed by atoms with Crippen LogP contribution in [0.2, 0.25) is 0 Å². The highest BCUT2D eigenvalue weighted by Gasteiger charge is 2.21. The number of hydrogen-bond acceptors (Lipinski definition) is 1. The van der Waals surface area contributed by atoms with Crippen LogP contribution >= 0.6 is 0 Å². The zero-order valence-electron chi connectivity index (χ0n) is 20.2. The molecule has 1 aromatic rings. The van der Waals surface area contributed by atoms with Gasteiger partial charge in [0, 0.05) is 0 Å². The van der Waals surface area contributed by atoms with Crippen molar-refractivity contribution in [1.82, 2.24) is 0 Å². The summed E-state index contributed by atoms with van der Waals surface area (Å²) in [5.74, 6) is 0. The number of rotatable bonds is 16. The molecule has 1 nitrogen and oxygen atoms in total. The molecule has 0 unspecified atom stereocenters. The van der Waals surface area contributed by atoms with Gasteiger partial charge in [-0.2, -0.15) is 0 Å². The molecular formula is C28H48O. The van der Waals surface area contributed by atoms with Gasteiger partial charge >= 0.3 is 0 Å². The molecule has 1 aromatic carbocycles. The first-order valence-electron chi connectivity index (χ1n) is 12.7. The van der Waals surface area contributed by atoms with E-state index in [9.17, 15) is 5.11 Å². The highest BCUT2D eigenvalue weighted by molar-refractivity contribution is 5.65. The molecule has 0 fully saturated rings. The minimum absolute atomic E-state index is 1.15. The van der Waals surface area contributed by atoms with Gasteiger partial charge in [0.15, 0.2) is 0 Å². The molecule has 0 aliphatic rings. The first-order chi connectivity index (χ1) is 14.2. The summed E-state index contributed by atoms with van der Waals surface area (Å²) in [5, 5.41) is 9.78. The Labute approximate surface area is 182 Å². The van der Waals surface area contributed by atoms with Crippen molar-refractivity contribution in [2.24, 2.45) is 0 Å². The molecule has 0 radical (unpaired) electrons. The Kier molecular flexibility index (Phi) is 13.9. The van der Waals surface area contributed by atoms with Crippen molar-refractivity contribution in [3.63, 3.8) is 0 Å². The molecule has 0 amide bonds. The Bertz CT molecular complexity index is 556. The van der Waals surface area contributed by atoms with E-state index in [1.807, 2.05) is 6.08 Å². The molecule has 1 rings (SSSR count). The predicted molar refractivity (Wildman–Crippen MR) is 131 cm³/mol. The molecule has 0 heterocycles. The molecule has 1 N–H and O–H groups in total. The van der Waals surface area contributed by atoms with Gasteiger partial charge in [-0.25, -0.2) is 0 Å². The van der Waals surface area contributed by atoms with Crippen LogP contribution in [0.15, 0.2) is 6.26 Å². The van der Waals surface area contributed by atoms with E-state index in [0.717, 1.165) is 12.8 Å². The number of hydrogen-bond donors (Lipinski definition) is 1. The summed E-state index contributed by atoms with van der Waals surface area (Å²) in [7, 11) is 0. The second-order valence-electron chi connectivity index (χ2n) is 8.64. The Hall–Kier alpha value is -1.24. The molecule has 0 saturated heterocycles. The lowest BCUT2D eigenvalue weighted by molar-refractivity contribution is 0.478. The Morgan fingerprint density at radius 2 is 0.759 bits per heavy atom. The lowest BCUT2D eigenvalue weighted by Crippen LogP contribution is -2.13. The van der Waals surface area contributed by atoms with Gasteiger partial charge < -0.3 is 5.11 Å². The molecule has 166 valence electrons. The third-order valence-electron chi connectivity index (χ3n) is 6.25. The first-order valence-corrected chi connectivity index (χ1v) is 12.7. The van der Waals surface area contributed by atoms with Crippen LogP contribution in [-0.2, 0) is 32.1 Å². The van der Waals surface area contributed by atoms with Gasteiger partial charge in [0.2, 0.25) is 0 Å². The quantitative estimate of drug-likeness (QED) is 0.274. The molecule has 1 heteroatoms. The molecule has 0 bridgehead atoms. The second-order valence-corrected chi connectivity index (χ2v) is 8.64. The summed E-state index contributed by atoms with van der Waals surface area (Å²) in [6.45, 7) is 11.5. The predicted octanol–water partition coefficient (Wildman–Crippen LogP) is 8.93. The zero-order chi connectivity index (χ0) is 21.5. The summed E-state index contributed by atoms with van der Waals surface area (Å²) in [5.41, 5.74) is 9.47. The van der Waals surface area contributed by atoms with E-state index in [1.165, 1.54) is 95.3 Å². The van der Waals surface area contributed by atoms with Crippen molar-refractivity contribution < 1.29 is 5.11 Å². The first kappa shape index (κ1) is 25.8. The standard InChI is InChI=1S/C28H48O/c1-6-11-16-23-24(17-12-7-2)26(19-14-9-4)28(21-22-29)27(20-15-10-5)25(23)18-13-8-3/h21-22,29H,6-20H2,1-5H3. The maximum Gasteiger partial charge on any atom is 0.0797 e. The van der Waals surface area contributed by atoms with Gasteiger partial charge in [-0.1, -0.05) is 66.7 Å². The van der Waals surface area contributed by atoms with E-state index >= 15 is 0 Å². The van der Waals surface area contributed by atoms with E-state index in [0.29, 0.717) is 0 Å². The highest BCUT2D eigenvalue weighted by Crippen LogP contribution is 2.35. The van der Waals surface area contributed by atoms with E-state index in [2.05, 4.69) is 34.6 Å². The molecule has 0 saturated carbocycles. The van der Waals surface area contributed by atoms with Crippen LogP contribution in [0.5, 0.6) is 0 Å². The minimum atomic E-state index is 1.15. The molecule has 0 aliphatic carbocycles. The lowest BCUT2D eigenvalue weighted by Gasteiger charge is -2.26.